The smallest absolute Gasteiger partial charge is 0.0571 e. The van der Waals surface area contributed by atoms with E-state index in [1.54, 1.807) is 0 Å². The second kappa shape index (κ2) is 6.75. The van der Waals surface area contributed by atoms with Gasteiger partial charge in [-0.3, -0.25) is 0 Å². The maximum absolute atomic E-state index is 6.65. The van der Waals surface area contributed by atoms with Crippen LogP contribution in [0.4, 0.5) is 0 Å². The van der Waals surface area contributed by atoms with Crippen molar-refractivity contribution in [1.82, 2.24) is 0 Å². The molecule has 3 heteroatoms. The molecule has 0 spiro atoms. The third-order valence-corrected chi connectivity index (χ3v) is 5.89. The van der Waals surface area contributed by atoms with Crippen LogP contribution < -0.4 is 0 Å². The third-order valence-electron chi connectivity index (χ3n) is 3.09. The molecule has 0 N–H and O–H groups in total. The van der Waals surface area contributed by atoms with Gasteiger partial charge < -0.3 is 0 Å². The van der Waals surface area contributed by atoms with E-state index < -0.39 is 0 Å². The molecule has 0 bridgehead atoms. The van der Waals surface area contributed by atoms with Crippen molar-refractivity contribution in [2.45, 2.75) is 61.1 Å². The van der Waals surface area contributed by atoms with Gasteiger partial charge in [0.1, 0.15) is 0 Å². The molecule has 1 rings (SSSR count). The highest BCUT2D eigenvalue weighted by molar-refractivity contribution is 9.09. The average Bonchev–Trinajstić information content (AvgIpc) is 2.19. The molecule has 0 aromatic carbocycles. The quantitative estimate of drug-likeness (QED) is 0.471. The van der Waals surface area contributed by atoms with Gasteiger partial charge in [0.05, 0.1) is 4.87 Å². The Kier molecular flexibility index (Phi) is 6.42. The standard InChI is InChI=1S/C11H19Br2Cl/c12-9-5-2-6-10(13)11(14)7-3-1-4-8-11/h10H,1-9H2. The summed E-state index contributed by atoms with van der Waals surface area (Å²) in [7, 11) is 0. The van der Waals surface area contributed by atoms with Crippen LogP contribution in [0.15, 0.2) is 0 Å². The Balaban J connectivity index is 2.29. The van der Waals surface area contributed by atoms with E-state index in [-0.39, 0.29) is 4.87 Å². The fourth-order valence-electron chi connectivity index (χ4n) is 2.13. The Morgan fingerprint density at radius 3 is 2.36 bits per heavy atom. The molecule has 1 aliphatic rings. The lowest BCUT2D eigenvalue weighted by molar-refractivity contribution is 0.371. The van der Waals surface area contributed by atoms with Crippen molar-refractivity contribution in [3.05, 3.63) is 0 Å². The molecule has 1 fully saturated rings. The molecule has 0 saturated heterocycles. The first-order valence-electron chi connectivity index (χ1n) is 5.58. The molecule has 14 heavy (non-hydrogen) atoms. The Hall–Kier alpha value is 1.25. The van der Waals surface area contributed by atoms with Crippen LogP contribution in [0.5, 0.6) is 0 Å². The van der Waals surface area contributed by atoms with Gasteiger partial charge in [0, 0.05) is 10.2 Å². The minimum absolute atomic E-state index is 0.0601. The summed E-state index contributed by atoms with van der Waals surface area (Å²) in [4.78, 5) is 0.570. The van der Waals surface area contributed by atoms with Crippen LogP contribution in [0.1, 0.15) is 51.4 Å². The van der Waals surface area contributed by atoms with Crippen LogP contribution in [0.25, 0.3) is 0 Å². The van der Waals surface area contributed by atoms with E-state index in [2.05, 4.69) is 31.9 Å². The molecule has 0 heterocycles. The minimum Gasteiger partial charge on any atom is -0.118 e. The van der Waals surface area contributed by atoms with Gasteiger partial charge in [-0.2, -0.15) is 0 Å². The lowest BCUT2D eigenvalue weighted by Gasteiger charge is -2.35. The van der Waals surface area contributed by atoms with E-state index in [1.165, 1.54) is 51.4 Å². The molecule has 0 nitrogen and oxygen atoms in total. The molecule has 1 atom stereocenters. The van der Waals surface area contributed by atoms with Crippen LogP contribution >= 0.6 is 43.5 Å². The summed E-state index contributed by atoms with van der Waals surface area (Å²) in [6.07, 6.45) is 10.1. The Morgan fingerprint density at radius 2 is 1.79 bits per heavy atom. The fraction of sp³-hybridized carbons (Fsp3) is 1.00. The van der Waals surface area contributed by atoms with Crippen LogP contribution in [0.2, 0.25) is 0 Å². The molecule has 1 aliphatic carbocycles. The van der Waals surface area contributed by atoms with Gasteiger partial charge in [-0.05, 0) is 25.7 Å². The van der Waals surface area contributed by atoms with Gasteiger partial charge in [0.15, 0.2) is 0 Å². The number of unbranched alkanes of at least 4 members (excludes halogenated alkanes) is 1. The first-order chi connectivity index (χ1) is 6.69. The molecule has 0 aliphatic heterocycles. The van der Waals surface area contributed by atoms with Crippen molar-refractivity contribution in [1.29, 1.82) is 0 Å². The number of hydrogen-bond acceptors (Lipinski definition) is 0. The number of rotatable bonds is 5. The maximum Gasteiger partial charge on any atom is 0.0571 e. The Bertz CT molecular complexity index is 155. The number of hydrogen-bond donors (Lipinski definition) is 0. The molecule has 0 amide bonds. The third kappa shape index (κ3) is 4.02. The molecule has 0 aromatic rings. The predicted molar refractivity (Wildman–Crippen MR) is 72.0 cm³/mol. The highest BCUT2D eigenvalue weighted by atomic mass is 79.9. The van der Waals surface area contributed by atoms with Gasteiger partial charge in [-0.15, -0.1) is 11.6 Å². The zero-order valence-electron chi connectivity index (χ0n) is 8.58. The molecular weight excluding hydrogens is 327 g/mol. The van der Waals surface area contributed by atoms with Crippen molar-refractivity contribution in [3.8, 4) is 0 Å². The molecule has 84 valence electrons. The van der Waals surface area contributed by atoms with Gasteiger partial charge >= 0.3 is 0 Å². The summed E-state index contributed by atoms with van der Waals surface area (Å²) in [5.74, 6) is 0. The van der Waals surface area contributed by atoms with E-state index in [0.717, 1.165) is 5.33 Å². The van der Waals surface area contributed by atoms with E-state index >= 15 is 0 Å². The second-order valence-corrected chi connectivity index (χ2v) is 6.90. The lowest BCUT2D eigenvalue weighted by atomic mass is 9.84. The molecule has 0 aromatic heterocycles. The predicted octanol–water partition coefficient (Wildman–Crippen LogP) is 5.26. The number of alkyl halides is 3. The van der Waals surface area contributed by atoms with Gasteiger partial charge in [0.2, 0.25) is 0 Å². The van der Waals surface area contributed by atoms with Crippen molar-refractivity contribution in [2.24, 2.45) is 0 Å². The topological polar surface area (TPSA) is 0 Å². The molecule has 1 saturated carbocycles. The van der Waals surface area contributed by atoms with Gasteiger partial charge in [0.25, 0.3) is 0 Å². The Morgan fingerprint density at radius 1 is 1.14 bits per heavy atom. The van der Waals surface area contributed by atoms with E-state index in [1.807, 2.05) is 0 Å². The minimum atomic E-state index is 0.0601. The van der Waals surface area contributed by atoms with Crippen molar-refractivity contribution in [2.75, 3.05) is 5.33 Å². The first-order valence-corrected chi connectivity index (χ1v) is 7.99. The highest BCUT2D eigenvalue weighted by Gasteiger charge is 2.35. The summed E-state index contributed by atoms with van der Waals surface area (Å²) in [5, 5.41) is 1.11. The van der Waals surface area contributed by atoms with Crippen molar-refractivity contribution < 1.29 is 0 Å². The monoisotopic (exact) mass is 344 g/mol. The molecular formula is C11H19Br2Cl. The van der Waals surface area contributed by atoms with Crippen LogP contribution in [0, 0.1) is 0 Å². The van der Waals surface area contributed by atoms with E-state index in [9.17, 15) is 0 Å². The molecule has 1 unspecified atom stereocenters. The van der Waals surface area contributed by atoms with E-state index in [0.29, 0.717) is 4.83 Å². The number of halogens is 3. The van der Waals surface area contributed by atoms with Crippen LogP contribution in [-0.4, -0.2) is 15.0 Å². The largest absolute Gasteiger partial charge is 0.118 e. The van der Waals surface area contributed by atoms with Crippen molar-refractivity contribution >= 4 is 43.5 Å². The SMILES string of the molecule is ClC1(C(Br)CCCCBr)CCCCC1. The molecule has 0 radical (unpaired) electrons. The van der Waals surface area contributed by atoms with E-state index in [4.69, 9.17) is 11.6 Å². The zero-order valence-corrected chi connectivity index (χ0v) is 12.5. The fourth-order valence-corrected chi connectivity index (χ4v) is 3.68. The van der Waals surface area contributed by atoms with Gasteiger partial charge in [-0.25, -0.2) is 0 Å². The first kappa shape index (κ1) is 13.3. The summed E-state index contributed by atoms with van der Waals surface area (Å²) in [6, 6.07) is 0. The summed E-state index contributed by atoms with van der Waals surface area (Å²) >= 11 is 13.9. The second-order valence-electron chi connectivity index (χ2n) is 4.25. The Labute approximate surface area is 109 Å². The lowest BCUT2D eigenvalue weighted by Crippen LogP contribution is -2.34. The van der Waals surface area contributed by atoms with Crippen LogP contribution in [0.3, 0.4) is 0 Å². The highest BCUT2D eigenvalue weighted by Crippen LogP contribution is 2.41. The summed E-state index contributed by atoms with van der Waals surface area (Å²) in [6.45, 7) is 0. The normalized spacial score (nSPS) is 23.4. The maximum atomic E-state index is 6.65. The average molecular weight is 347 g/mol. The zero-order chi connectivity index (χ0) is 10.4. The van der Waals surface area contributed by atoms with Crippen LogP contribution in [-0.2, 0) is 0 Å². The van der Waals surface area contributed by atoms with Crippen molar-refractivity contribution in [3.63, 3.8) is 0 Å². The van der Waals surface area contributed by atoms with Gasteiger partial charge in [-0.1, -0.05) is 57.5 Å². The summed E-state index contributed by atoms with van der Waals surface area (Å²) in [5.41, 5.74) is 0. The summed E-state index contributed by atoms with van der Waals surface area (Å²) < 4.78 is 0.